The summed E-state index contributed by atoms with van der Waals surface area (Å²) in [6.45, 7) is 6.58. The zero-order valence-electron chi connectivity index (χ0n) is 23.6. The molecule has 0 bridgehead atoms. The molecule has 10 heteroatoms. The molecule has 2 fully saturated rings. The predicted octanol–water partition coefficient (Wildman–Crippen LogP) is 4.66. The second-order valence-corrected chi connectivity index (χ2v) is 11.4. The van der Waals surface area contributed by atoms with Crippen molar-refractivity contribution in [3.05, 3.63) is 90.0 Å². The summed E-state index contributed by atoms with van der Waals surface area (Å²) in [7, 11) is 0. The first kappa shape index (κ1) is 26.6. The molecule has 2 atom stereocenters. The van der Waals surface area contributed by atoms with Gasteiger partial charge in [-0.25, -0.2) is 14.1 Å². The standard InChI is InChI=1S/C32H34FN7O2/c1-21-26(27-15-24(33)5-8-28(27)36-21)16-31(41)39-13-12-38(18-22-9-14-42-20-22)19-30(39)32-34-17-29(37-32)23-3-6-25(7-4-23)40-11-2-10-35-40/h2-8,10-11,15,17,22,30,36H,9,12-14,16,18-20H2,1H3,(H,34,37). The molecule has 2 N–H and O–H groups in total. The smallest absolute Gasteiger partial charge is 0.227 e. The normalized spacial score (nSPS) is 19.6. The van der Waals surface area contributed by atoms with Gasteiger partial charge < -0.3 is 19.6 Å². The van der Waals surface area contributed by atoms with Gasteiger partial charge in [-0.2, -0.15) is 5.10 Å². The Morgan fingerprint density at radius 2 is 2.02 bits per heavy atom. The van der Waals surface area contributed by atoms with E-state index in [1.807, 2.05) is 59.2 Å². The Labute approximate surface area is 243 Å². The number of fused-ring (bicyclic) bond motifs is 1. The van der Waals surface area contributed by atoms with E-state index in [9.17, 15) is 9.18 Å². The maximum atomic E-state index is 14.1. The summed E-state index contributed by atoms with van der Waals surface area (Å²) in [4.78, 5) is 29.9. The number of ether oxygens (including phenoxy) is 1. The first-order chi connectivity index (χ1) is 20.5. The van der Waals surface area contributed by atoms with E-state index in [1.165, 1.54) is 12.1 Å². The maximum absolute atomic E-state index is 14.1. The van der Waals surface area contributed by atoms with Crippen LogP contribution >= 0.6 is 0 Å². The number of aromatic amines is 2. The summed E-state index contributed by atoms with van der Waals surface area (Å²) < 4.78 is 21.6. The van der Waals surface area contributed by atoms with Crippen LogP contribution in [0.25, 0.3) is 27.8 Å². The average molecular weight is 568 g/mol. The second kappa shape index (κ2) is 11.2. The van der Waals surface area contributed by atoms with Crippen molar-refractivity contribution in [1.82, 2.24) is 34.5 Å². The molecule has 7 rings (SSSR count). The van der Waals surface area contributed by atoms with Gasteiger partial charge in [0.25, 0.3) is 0 Å². The zero-order chi connectivity index (χ0) is 28.6. The van der Waals surface area contributed by atoms with Crippen LogP contribution in [0.1, 0.15) is 29.5 Å². The number of aromatic nitrogens is 5. The molecular weight excluding hydrogens is 533 g/mol. The van der Waals surface area contributed by atoms with Gasteiger partial charge in [0.1, 0.15) is 17.7 Å². The Hall–Kier alpha value is -4.28. The SMILES string of the molecule is Cc1[nH]c2ccc(F)cc2c1CC(=O)N1CCN(CC2CCOC2)CC1c1ncc(-c2ccc(-n3cccn3)cc2)[nH]1. The lowest BCUT2D eigenvalue weighted by Crippen LogP contribution is -2.52. The van der Waals surface area contributed by atoms with E-state index >= 15 is 0 Å². The number of hydrogen-bond acceptors (Lipinski definition) is 5. The van der Waals surface area contributed by atoms with E-state index in [1.54, 1.807) is 12.3 Å². The Morgan fingerprint density at radius 1 is 1.14 bits per heavy atom. The third-order valence-electron chi connectivity index (χ3n) is 8.59. The number of carbonyl (C=O) groups is 1. The van der Waals surface area contributed by atoms with Crippen molar-refractivity contribution in [3.8, 4) is 16.9 Å². The Bertz CT molecular complexity index is 1690. The molecule has 1 amide bonds. The summed E-state index contributed by atoms with van der Waals surface area (Å²) in [5, 5.41) is 5.06. The van der Waals surface area contributed by atoms with Crippen molar-refractivity contribution in [2.75, 3.05) is 39.4 Å². The fraction of sp³-hybridized carbons (Fsp3) is 0.344. The molecule has 0 spiro atoms. The molecule has 0 aliphatic carbocycles. The van der Waals surface area contributed by atoms with Gasteiger partial charge >= 0.3 is 0 Å². The number of nitrogens with zero attached hydrogens (tertiary/aromatic N) is 5. The highest BCUT2D eigenvalue weighted by Crippen LogP contribution is 2.30. The van der Waals surface area contributed by atoms with Gasteiger partial charge in [-0.15, -0.1) is 0 Å². The van der Waals surface area contributed by atoms with Crippen LogP contribution in [-0.4, -0.2) is 79.8 Å². The molecule has 9 nitrogen and oxygen atoms in total. The lowest BCUT2D eigenvalue weighted by molar-refractivity contribution is -0.136. The molecule has 0 radical (unpaired) electrons. The number of rotatable bonds is 7. The Morgan fingerprint density at radius 3 is 2.81 bits per heavy atom. The molecule has 2 aliphatic heterocycles. The van der Waals surface area contributed by atoms with E-state index in [2.05, 4.69) is 20.0 Å². The molecule has 5 heterocycles. The zero-order valence-corrected chi connectivity index (χ0v) is 23.6. The van der Waals surface area contributed by atoms with Gasteiger partial charge in [0.05, 0.1) is 30.6 Å². The van der Waals surface area contributed by atoms with Crippen LogP contribution in [0, 0.1) is 18.7 Å². The monoisotopic (exact) mass is 567 g/mol. The minimum atomic E-state index is -0.307. The van der Waals surface area contributed by atoms with Crippen LogP contribution in [0.15, 0.2) is 67.1 Å². The van der Waals surface area contributed by atoms with Crippen LogP contribution in [-0.2, 0) is 16.0 Å². The minimum Gasteiger partial charge on any atom is -0.381 e. The van der Waals surface area contributed by atoms with Crippen LogP contribution in [0.2, 0.25) is 0 Å². The van der Waals surface area contributed by atoms with E-state index in [0.29, 0.717) is 19.0 Å². The van der Waals surface area contributed by atoms with Gasteiger partial charge in [-0.05, 0) is 66.8 Å². The number of aryl methyl sites for hydroxylation is 1. The number of amides is 1. The molecule has 42 heavy (non-hydrogen) atoms. The van der Waals surface area contributed by atoms with Crippen molar-refractivity contribution in [2.45, 2.75) is 25.8 Å². The largest absolute Gasteiger partial charge is 0.381 e. The molecule has 2 aliphatic rings. The van der Waals surface area contributed by atoms with Gasteiger partial charge in [0.2, 0.25) is 5.91 Å². The first-order valence-corrected chi connectivity index (χ1v) is 14.5. The van der Waals surface area contributed by atoms with Gasteiger partial charge in [-0.3, -0.25) is 9.69 Å². The van der Waals surface area contributed by atoms with Gasteiger partial charge in [0, 0.05) is 61.8 Å². The van der Waals surface area contributed by atoms with Crippen LogP contribution in [0.4, 0.5) is 4.39 Å². The molecule has 0 saturated carbocycles. The second-order valence-electron chi connectivity index (χ2n) is 11.4. The number of carbonyl (C=O) groups excluding carboxylic acids is 1. The molecule has 3 aromatic heterocycles. The van der Waals surface area contributed by atoms with E-state index < -0.39 is 0 Å². The number of hydrogen-bond donors (Lipinski definition) is 2. The number of halogens is 1. The van der Waals surface area contributed by atoms with Crippen LogP contribution in [0.3, 0.4) is 0 Å². The first-order valence-electron chi connectivity index (χ1n) is 14.5. The van der Waals surface area contributed by atoms with Crippen molar-refractivity contribution < 1.29 is 13.9 Å². The van der Waals surface area contributed by atoms with E-state index in [0.717, 1.165) is 77.7 Å². The van der Waals surface area contributed by atoms with Crippen molar-refractivity contribution >= 4 is 16.8 Å². The Balaban J connectivity index is 1.15. The van der Waals surface area contributed by atoms with Gasteiger partial charge in [-0.1, -0.05) is 12.1 Å². The van der Waals surface area contributed by atoms with Crippen molar-refractivity contribution in [1.29, 1.82) is 0 Å². The molecule has 216 valence electrons. The summed E-state index contributed by atoms with van der Waals surface area (Å²) in [6.07, 6.45) is 6.78. The molecular formula is C32H34FN7O2. The lowest BCUT2D eigenvalue weighted by Gasteiger charge is -2.41. The van der Waals surface area contributed by atoms with E-state index in [4.69, 9.17) is 9.72 Å². The van der Waals surface area contributed by atoms with Gasteiger partial charge in [0.15, 0.2) is 0 Å². The number of nitrogens with one attached hydrogen (secondary N) is 2. The summed E-state index contributed by atoms with van der Waals surface area (Å²) in [5.74, 6) is 0.984. The third-order valence-corrected chi connectivity index (χ3v) is 8.59. The summed E-state index contributed by atoms with van der Waals surface area (Å²) in [6, 6.07) is 14.5. The number of imidazole rings is 1. The quantitative estimate of drug-likeness (QED) is 0.299. The van der Waals surface area contributed by atoms with E-state index in [-0.39, 0.29) is 24.2 Å². The molecule has 5 aromatic rings. The highest BCUT2D eigenvalue weighted by Gasteiger charge is 2.35. The average Bonchev–Trinajstić information content (AvgIpc) is 3.82. The number of piperazine rings is 1. The summed E-state index contributed by atoms with van der Waals surface area (Å²) in [5.41, 5.74) is 5.46. The maximum Gasteiger partial charge on any atom is 0.227 e. The summed E-state index contributed by atoms with van der Waals surface area (Å²) >= 11 is 0. The lowest BCUT2D eigenvalue weighted by atomic mass is 10.0. The highest BCUT2D eigenvalue weighted by atomic mass is 19.1. The number of H-pyrrole nitrogens is 2. The molecule has 2 unspecified atom stereocenters. The van der Waals surface area contributed by atoms with Crippen LogP contribution < -0.4 is 0 Å². The minimum absolute atomic E-state index is 0.0126. The van der Waals surface area contributed by atoms with Crippen LogP contribution in [0.5, 0.6) is 0 Å². The number of benzene rings is 2. The predicted molar refractivity (Wildman–Crippen MR) is 158 cm³/mol. The molecule has 2 saturated heterocycles. The fourth-order valence-corrected chi connectivity index (χ4v) is 6.33. The van der Waals surface area contributed by atoms with Crippen molar-refractivity contribution in [3.63, 3.8) is 0 Å². The topological polar surface area (TPSA) is 95.1 Å². The fourth-order valence-electron chi connectivity index (χ4n) is 6.33. The highest BCUT2D eigenvalue weighted by molar-refractivity contribution is 5.90. The third kappa shape index (κ3) is 5.23. The van der Waals surface area contributed by atoms with Crippen molar-refractivity contribution in [2.24, 2.45) is 5.92 Å². The Kier molecular flexibility index (Phi) is 7.09. The molecule has 2 aromatic carbocycles.